The predicted molar refractivity (Wildman–Crippen MR) is 64.2 cm³/mol. The number of β-amino-alcohol motifs (C(OH)–C–C–N with tert-alkyl or cyclic N) is 1. The van der Waals surface area contributed by atoms with Gasteiger partial charge in [0.25, 0.3) is 0 Å². The molecule has 0 aromatic carbocycles. The number of rotatable bonds is 2. The molecule has 7 heteroatoms. The summed E-state index contributed by atoms with van der Waals surface area (Å²) in [7, 11) is 0. The second-order valence-corrected chi connectivity index (χ2v) is 5.33. The third-order valence-corrected chi connectivity index (χ3v) is 2.49. The topological polar surface area (TPSA) is 76.1 Å². The van der Waals surface area contributed by atoms with Crippen LogP contribution in [0.3, 0.4) is 0 Å². The lowest BCUT2D eigenvalue weighted by molar-refractivity contribution is -0.146. The number of aliphatic hydroxyl groups is 1. The number of esters is 1. The van der Waals surface area contributed by atoms with E-state index >= 15 is 0 Å². The van der Waals surface area contributed by atoms with Gasteiger partial charge in [-0.1, -0.05) is 11.6 Å². The second-order valence-electron chi connectivity index (χ2n) is 5.11. The summed E-state index contributed by atoms with van der Waals surface area (Å²) in [4.78, 5) is 24.7. The molecule has 6 nitrogen and oxygen atoms in total. The molecule has 0 aromatic rings. The number of aliphatic hydroxyl groups excluding tert-OH is 1. The van der Waals surface area contributed by atoms with Gasteiger partial charge in [-0.3, -0.25) is 4.90 Å². The maximum atomic E-state index is 11.9. The lowest BCUT2D eigenvalue weighted by Gasteiger charge is -2.27. The van der Waals surface area contributed by atoms with Crippen LogP contribution in [-0.2, 0) is 14.3 Å². The number of carbonyl (C=O) groups is 2. The van der Waals surface area contributed by atoms with Crippen molar-refractivity contribution >= 4 is 23.7 Å². The Kier molecular flexibility index (Phi) is 4.81. The molecule has 1 amide bonds. The third kappa shape index (κ3) is 4.03. The van der Waals surface area contributed by atoms with E-state index in [1.54, 1.807) is 20.8 Å². The number of nitrogens with zero attached hydrogens (tertiary/aromatic N) is 1. The van der Waals surface area contributed by atoms with Crippen LogP contribution in [0.5, 0.6) is 0 Å². The summed E-state index contributed by atoms with van der Waals surface area (Å²) in [6.07, 6.45) is -1.27. The van der Waals surface area contributed by atoms with Gasteiger partial charge < -0.3 is 14.6 Å². The molecule has 0 bridgehead atoms. The maximum absolute atomic E-state index is 11.9. The van der Waals surface area contributed by atoms with Gasteiger partial charge in [0, 0.05) is 6.42 Å². The van der Waals surface area contributed by atoms with Gasteiger partial charge in [-0.2, -0.15) is 0 Å². The van der Waals surface area contributed by atoms with Crippen molar-refractivity contribution in [2.45, 2.75) is 44.9 Å². The van der Waals surface area contributed by atoms with Gasteiger partial charge >= 0.3 is 12.1 Å². The Morgan fingerprint density at radius 2 is 2.06 bits per heavy atom. The summed E-state index contributed by atoms with van der Waals surface area (Å²) >= 11 is 5.30. The normalized spacial score (nSPS) is 23.9. The first-order valence-electron chi connectivity index (χ1n) is 5.65. The van der Waals surface area contributed by atoms with Crippen molar-refractivity contribution in [3.8, 4) is 0 Å². The molecule has 1 saturated heterocycles. The first kappa shape index (κ1) is 15.0. The Morgan fingerprint density at radius 1 is 1.44 bits per heavy atom. The number of alkyl halides is 1. The van der Waals surface area contributed by atoms with Crippen LogP contribution < -0.4 is 0 Å². The average molecular weight is 280 g/mol. The lowest BCUT2D eigenvalue weighted by atomic mass is 10.2. The van der Waals surface area contributed by atoms with Gasteiger partial charge in [0.15, 0.2) is 6.07 Å². The van der Waals surface area contributed by atoms with Gasteiger partial charge in [0.2, 0.25) is 0 Å². The largest absolute Gasteiger partial charge is 0.448 e. The molecule has 104 valence electrons. The van der Waals surface area contributed by atoms with E-state index in [1.165, 1.54) is 4.90 Å². The summed E-state index contributed by atoms with van der Waals surface area (Å²) in [6.45, 7) is 5.23. The van der Waals surface area contributed by atoms with Crippen molar-refractivity contribution in [2.24, 2.45) is 0 Å². The Balaban J connectivity index is 2.72. The number of ether oxygens (including phenoxy) is 2. The van der Waals surface area contributed by atoms with Crippen molar-refractivity contribution in [3.63, 3.8) is 0 Å². The molecular formula is C11H18ClNO5. The molecule has 0 unspecified atom stereocenters. The molecular weight excluding hydrogens is 262 g/mol. The summed E-state index contributed by atoms with van der Waals surface area (Å²) in [5.74, 6) is -0.632. The number of halogens is 1. The highest BCUT2D eigenvalue weighted by molar-refractivity contribution is 6.17. The van der Waals surface area contributed by atoms with Crippen molar-refractivity contribution in [3.05, 3.63) is 0 Å². The fourth-order valence-electron chi connectivity index (χ4n) is 1.71. The molecule has 1 fully saturated rings. The summed E-state index contributed by atoms with van der Waals surface area (Å²) in [6, 6.07) is -1.12. The van der Waals surface area contributed by atoms with Crippen LogP contribution >= 0.6 is 11.6 Å². The Labute approximate surface area is 111 Å². The predicted octanol–water partition coefficient (Wildman–Crippen LogP) is 1.10. The lowest BCUT2D eigenvalue weighted by Crippen LogP contribution is -2.44. The van der Waals surface area contributed by atoms with Gasteiger partial charge in [-0.05, 0) is 20.8 Å². The summed E-state index contributed by atoms with van der Waals surface area (Å²) in [5.41, 5.74) is -0.661. The summed E-state index contributed by atoms with van der Waals surface area (Å²) < 4.78 is 9.81. The first-order valence-corrected chi connectivity index (χ1v) is 6.18. The number of amides is 1. The molecule has 0 aromatic heterocycles. The first-order chi connectivity index (χ1) is 8.24. The maximum Gasteiger partial charge on any atom is 0.411 e. The van der Waals surface area contributed by atoms with Gasteiger partial charge in [-0.15, -0.1) is 0 Å². The molecule has 1 rings (SSSR count). The molecule has 1 heterocycles. The van der Waals surface area contributed by atoms with Crippen LogP contribution in [0.25, 0.3) is 0 Å². The van der Waals surface area contributed by atoms with E-state index < -0.39 is 29.8 Å². The highest BCUT2D eigenvalue weighted by atomic mass is 35.5. The van der Waals surface area contributed by atoms with Crippen LogP contribution in [0.4, 0.5) is 4.79 Å². The molecule has 0 saturated carbocycles. The van der Waals surface area contributed by atoms with E-state index in [0.717, 1.165) is 0 Å². The highest BCUT2D eigenvalue weighted by Crippen LogP contribution is 2.22. The van der Waals surface area contributed by atoms with E-state index in [-0.39, 0.29) is 19.0 Å². The fourth-order valence-corrected chi connectivity index (χ4v) is 1.82. The monoisotopic (exact) mass is 279 g/mol. The number of hydrogen-bond acceptors (Lipinski definition) is 5. The van der Waals surface area contributed by atoms with E-state index in [9.17, 15) is 14.7 Å². The zero-order valence-electron chi connectivity index (χ0n) is 10.7. The Morgan fingerprint density at radius 3 is 2.56 bits per heavy atom. The van der Waals surface area contributed by atoms with Crippen LogP contribution in [0, 0.1) is 0 Å². The van der Waals surface area contributed by atoms with Gasteiger partial charge in [-0.25, -0.2) is 9.59 Å². The molecule has 18 heavy (non-hydrogen) atoms. The zero-order chi connectivity index (χ0) is 13.9. The Hall–Kier alpha value is -1.01. The van der Waals surface area contributed by atoms with Gasteiger partial charge in [0.1, 0.15) is 11.6 Å². The van der Waals surface area contributed by atoms with Crippen molar-refractivity contribution in [1.29, 1.82) is 0 Å². The van der Waals surface area contributed by atoms with Crippen LogP contribution in [0.15, 0.2) is 0 Å². The molecule has 2 atom stereocenters. The van der Waals surface area contributed by atoms with Crippen LogP contribution in [0.1, 0.15) is 27.2 Å². The molecule has 0 aliphatic carbocycles. The Bertz CT molecular complexity index is 328. The van der Waals surface area contributed by atoms with E-state index in [2.05, 4.69) is 4.74 Å². The van der Waals surface area contributed by atoms with Crippen molar-refractivity contribution in [2.75, 3.05) is 12.6 Å². The highest BCUT2D eigenvalue weighted by Gasteiger charge is 2.41. The minimum atomic E-state index is -0.839. The van der Waals surface area contributed by atoms with Crippen molar-refractivity contribution in [1.82, 2.24) is 4.90 Å². The van der Waals surface area contributed by atoms with Crippen molar-refractivity contribution < 1.29 is 24.2 Å². The van der Waals surface area contributed by atoms with E-state index in [1.807, 2.05) is 0 Å². The second kappa shape index (κ2) is 5.75. The average Bonchev–Trinajstić information content (AvgIpc) is 2.58. The molecule has 1 aliphatic rings. The zero-order valence-corrected chi connectivity index (χ0v) is 11.4. The molecule has 1 N–H and O–H groups in total. The quantitative estimate of drug-likeness (QED) is 0.605. The SMILES string of the molecule is CC(C)(C)OC(=O)N1C[C@@H](O)C[C@@H]1C(=O)OCCl. The minimum Gasteiger partial charge on any atom is -0.448 e. The number of likely N-dealkylation sites (tertiary alicyclic amines) is 1. The van der Waals surface area contributed by atoms with Crippen LogP contribution in [0.2, 0.25) is 0 Å². The minimum absolute atomic E-state index is 0.0525. The molecule has 1 aliphatic heterocycles. The third-order valence-electron chi connectivity index (χ3n) is 2.38. The van der Waals surface area contributed by atoms with E-state index in [0.29, 0.717) is 0 Å². The van der Waals surface area contributed by atoms with Gasteiger partial charge in [0.05, 0.1) is 12.6 Å². The number of carbonyl (C=O) groups excluding carboxylic acids is 2. The molecule has 0 spiro atoms. The number of hydrogen-bond donors (Lipinski definition) is 1. The molecule has 0 radical (unpaired) electrons. The van der Waals surface area contributed by atoms with Crippen LogP contribution in [-0.4, -0.2) is 52.4 Å². The van der Waals surface area contributed by atoms with E-state index in [4.69, 9.17) is 16.3 Å². The fraction of sp³-hybridized carbons (Fsp3) is 0.818. The summed E-state index contributed by atoms with van der Waals surface area (Å²) in [5, 5.41) is 9.54. The standard InChI is InChI=1S/C11H18ClNO5/c1-11(2,3)18-10(16)13-5-7(14)4-8(13)9(15)17-6-12/h7-8,14H,4-6H2,1-3H3/t7-,8+/m0/s1. The smallest absolute Gasteiger partial charge is 0.411 e.